The summed E-state index contributed by atoms with van der Waals surface area (Å²) in [7, 11) is 4.15. The zero-order valence-electron chi connectivity index (χ0n) is 26.0. The number of hydrogen-bond donors (Lipinski definition) is 2. The van der Waals surface area contributed by atoms with Crippen LogP contribution in [0.1, 0.15) is 50.8 Å². The van der Waals surface area contributed by atoms with Gasteiger partial charge in [0, 0.05) is 42.4 Å². The summed E-state index contributed by atoms with van der Waals surface area (Å²) < 4.78 is 11.8. The van der Waals surface area contributed by atoms with Crippen LogP contribution < -0.4 is 14.8 Å². The second-order valence-electron chi connectivity index (χ2n) is 12.6. The van der Waals surface area contributed by atoms with E-state index in [2.05, 4.69) is 92.4 Å². The first-order valence-corrected chi connectivity index (χ1v) is 15.2. The Morgan fingerprint density at radius 3 is 2.86 bits per heavy atom. The van der Waals surface area contributed by atoms with Crippen molar-refractivity contribution in [1.82, 2.24) is 20.1 Å². The summed E-state index contributed by atoms with van der Waals surface area (Å²) in [5.41, 5.74) is 6.43. The predicted octanol–water partition coefficient (Wildman–Crippen LogP) is 6.44. The fourth-order valence-electron chi connectivity index (χ4n) is 6.61. The molecular weight excluding hydrogens is 524 g/mol. The van der Waals surface area contributed by atoms with E-state index in [1.807, 2.05) is 18.2 Å². The van der Waals surface area contributed by atoms with E-state index in [4.69, 9.17) is 9.47 Å². The van der Waals surface area contributed by atoms with Crippen LogP contribution in [0.5, 0.6) is 11.5 Å². The smallest absolute Gasteiger partial charge is 0.416 e. The van der Waals surface area contributed by atoms with Crippen molar-refractivity contribution in [1.29, 1.82) is 0 Å². The largest absolute Gasteiger partial charge is 0.489 e. The van der Waals surface area contributed by atoms with E-state index in [1.54, 1.807) is 12.3 Å². The Balaban J connectivity index is 1.17. The van der Waals surface area contributed by atoms with Gasteiger partial charge in [0.25, 0.3) is 0 Å². The third kappa shape index (κ3) is 6.42. The van der Waals surface area contributed by atoms with Gasteiger partial charge in [-0.2, -0.15) is 0 Å². The summed E-state index contributed by atoms with van der Waals surface area (Å²) in [5, 5.41) is 3.83. The van der Waals surface area contributed by atoms with Crippen molar-refractivity contribution < 1.29 is 14.3 Å². The Bertz CT molecular complexity index is 1470. The topological polar surface area (TPSA) is 69.8 Å². The maximum absolute atomic E-state index is 12.6. The molecule has 7 heteroatoms. The van der Waals surface area contributed by atoms with E-state index < -0.39 is 6.09 Å². The number of fused-ring (bicyclic) bond motifs is 5. The third-order valence-corrected chi connectivity index (χ3v) is 9.27. The number of benzene rings is 2. The molecule has 42 heavy (non-hydrogen) atoms. The molecule has 0 saturated carbocycles. The van der Waals surface area contributed by atoms with Crippen LogP contribution in [0.25, 0.3) is 10.9 Å². The lowest BCUT2D eigenvalue weighted by molar-refractivity contribution is 0.0397. The third-order valence-electron chi connectivity index (χ3n) is 9.27. The van der Waals surface area contributed by atoms with Crippen LogP contribution in [-0.4, -0.2) is 67.3 Å². The second-order valence-corrected chi connectivity index (χ2v) is 12.6. The number of amides is 1. The zero-order valence-corrected chi connectivity index (χ0v) is 26.0. The normalized spacial score (nSPS) is 21.9. The summed E-state index contributed by atoms with van der Waals surface area (Å²) in [6.07, 6.45) is 10.3. The van der Waals surface area contributed by atoms with E-state index in [0.29, 0.717) is 24.3 Å². The Hall–Kier alpha value is -3.55. The number of piperidine rings is 1. The molecule has 2 N–H and O–H groups in total. The van der Waals surface area contributed by atoms with Crippen LogP contribution in [0.4, 0.5) is 4.79 Å². The number of nitrogens with one attached hydrogen (secondary N) is 2. The number of carbonyl (C=O) groups excluding carboxylic acids is 1. The Kier molecular flexibility index (Phi) is 9.09. The molecule has 0 unspecified atom stereocenters. The van der Waals surface area contributed by atoms with Gasteiger partial charge in [0.2, 0.25) is 0 Å². The van der Waals surface area contributed by atoms with Crippen molar-refractivity contribution in [3.05, 3.63) is 83.2 Å². The number of ether oxygens (including phenoxy) is 2. The van der Waals surface area contributed by atoms with Gasteiger partial charge in [-0.05, 0) is 112 Å². The molecule has 2 bridgehead atoms. The highest BCUT2D eigenvalue weighted by Crippen LogP contribution is 2.49. The molecule has 1 saturated heterocycles. The quantitative estimate of drug-likeness (QED) is 0.275. The Morgan fingerprint density at radius 2 is 2.07 bits per heavy atom. The summed E-state index contributed by atoms with van der Waals surface area (Å²) >= 11 is 0. The Morgan fingerprint density at radius 1 is 1.24 bits per heavy atom. The van der Waals surface area contributed by atoms with E-state index in [0.717, 1.165) is 55.5 Å². The van der Waals surface area contributed by atoms with Crippen LogP contribution in [-0.2, 0) is 18.3 Å². The molecule has 0 spiro atoms. The summed E-state index contributed by atoms with van der Waals surface area (Å²) in [4.78, 5) is 20.8. The standard InChI is InChI=1S/C35H46N4O3/c1-24(2)13-18-39-19-15-35(4)25(3)31(39)21-26-11-12-28(22-29(26)35)42-34(40)36-16-8-20-41-32-10-7-9-30-33(32)27(23-37-30)14-17-38(5)6/h7-13,16,22-23,25,31,37H,14-15,17-21H2,1-6H3,(H,36,40)/b16-8+/t25-,31+,35+/m0/s1. The monoisotopic (exact) mass is 570 g/mol. The fraction of sp³-hybridized carbons (Fsp3) is 0.457. The minimum atomic E-state index is -0.506. The van der Waals surface area contributed by atoms with Crippen LogP contribution in [0.15, 0.2) is 66.5 Å². The van der Waals surface area contributed by atoms with Gasteiger partial charge in [-0.3, -0.25) is 10.2 Å². The first kappa shape index (κ1) is 29.9. The Labute approximate surface area is 250 Å². The molecule has 2 aliphatic rings. The first-order valence-electron chi connectivity index (χ1n) is 15.2. The van der Waals surface area contributed by atoms with E-state index in [9.17, 15) is 4.79 Å². The van der Waals surface area contributed by atoms with Crippen molar-refractivity contribution in [2.75, 3.05) is 40.3 Å². The lowest BCUT2D eigenvalue weighted by Crippen LogP contribution is -2.57. The zero-order chi connectivity index (χ0) is 29.9. The molecule has 1 fully saturated rings. The average Bonchev–Trinajstić information content (AvgIpc) is 3.37. The molecule has 7 nitrogen and oxygen atoms in total. The van der Waals surface area contributed by atoms with Crippen molar-refractivity contribution in [2.24, 2.45) is 5.92 Å². The maximum atomic E-state index is 12.6. The minimum absolute atomic E-state index is 0.0709. The van der Waals surface area contributed by atoms with Gasteiger partial charge in [-0.25, -0.2) is 4.79 Å². The highest BCUT2D eigenvalue weighted by Gasteiger charge is 2.48. The molecule has 1 aliphatic carbocycles. The number of likely N-dealkylation sites (tertiary alicyclic amines) is 1. The molecule has 3 atom stereocenters. The highest BCUT2D eigenvalue weighted by molar-refractivity contribution is 5.89. The molecule has 224 valence electrons. The van der Waals surface area contributed by atoms with Crippen LogP contribution >= 0.6 is 0 Å². The van der Waals surface area contributed by atoms with E-state index in [-0.39, 0.29) is 5.41 Å². The molecule has 2 heterocycles. The number of likely N-dealkylation sites (N-methyl/N-ethyl adjacent to an activating group) is 1. The summed E-state index contributed by atoms with van der Waals surface area (Å²) in [5.74, 6) is 1.94. The number of allylic oxidation sites excluding steroid dienone is 1. The number of carbonyl (C=O) groups is 1. The van der Waals surface area contributed by atoms with Gasteiger partial charge in [0.05, 0.1) is 0 Å². The van der Waals surface area contributed by atoms with Gasteiger partial charge in [0.1, 0.15) is 18.1 Å². The maximum Gasteiger partial charge on any atom is 0.416 e. The number of aromatic amines is 1. The van der Waals surface area contributed by atoms with Crippen molar-refractivity contribution in [2.45, 2.75) is 58.4 Å². The van der Waals surface area contributed by atoms with E-state index in [1.165, 1.54) is 22.3 Å². The van der Waals surface area contributed by atoms with Gasteiger partial charge in [0.15, 0.2) is 0 Å². The average molecular weight is 571 g/mol. The van der Waals surface area contributed by atoms with E-state index >= 15 is 0 Å². The molecule has 3 aromatic rings. The van der Waals surface area contributed by atoms with Gasteiger partial charge < -0.3 is 19.4 Å². The summed E-state index contributed by atoms with van der Waals surface area (Å²) in [6, 6.07) is 12.7. The molecule has 0 radical (unpaired) electrons. The number of rotatable bonds is 10. The van der Waals surface area contributed by atoms with Gasteiger partial charge in [-0.1, -0.05) is 37.6 Å². The van der Waals surface area contributed by atoms with Crippen LogP contribution in [0.2, 0.25) is 0 Å². The predicted molar refractivity (Wildman–Crippen MR) is 170 cm³/mol. The number of nitrogens with zero attached hydrogens (tertiary/aromatic N) is 2. The SMILES string of the molecule is CC(C)=CCN1CC[C@@]2(C)c3cc(OC(=O)N/C=C/COc4cccc5[nH]cc(CCN(C)C)c45)ccc3C[C@@H]1[C@@H]2C. The lowest BCUT2D eigenvalue weighted by Gasteiger charge is -2.54. The molecule has 1 aromatic heterocycles. The van der Waals surface area contributed by atoms with Gasteiger partial charge >= 0.3 is 6.09 Å². The second kappa shape index (κ2) is 12.8. The number of aromatic nitrogens is 1. The summed E-state index contributed by atoms with van der Waals surface area (Å²) in [6.45, 7) is 12.5. The van der Waals surface area contributed by atoms with Crippen molar-refractivity contribution in [3.8, 4) is 11.5 Å². The highest BCUT2D eigenvalue weighted by atomic mass is 16.6. The molecular formula is C35H46N4O3. The lowest BCUT2D eigenvalue weighted by atomic mass is 9.59. The van der Waals surface area contributed by atoms with Gasteiger partial charge in [-0.15, -0.1) is 0 Å². The molecule has 5 rings (SSSR count). The fourth-order valence-corrected chi connectivity index (χ4v) is 6.61. The van der Waals surface area contributed by atoms with Crippen molar-refractivity contribution >= 4 is 17.0 Å². The van der Waals surface area contributed by atoms with Crippen molar-refractivity contribution in [3.63, 3.8) is 0 Å². The number of H-pyrrole nitrogens is 1. The van der Waals surface area contributed by atoms with Crippen LogP contribution in [0.3, 0.4) is 0 Å². The molecule has 1 amide bonds. The molecule has 1 aliphatic heterocycles. The minimum Gasteiger partial charge on any atom is -0.489 e. The molecule has 2 aromatic carbocycles. The number of hydrogen-bond acceptors (Lipinski definition) is 5. The van der Waals surface area contributed by atoms with Crippen LogP contribution in [0, 0.1) is 5.92 Å². The first-order chi connectivity index (χ1) is 20.2.